The molecule has 0 radical (unpaired) electrons. The predicted octanol–water partition coefficient (Wildman–Crippen LogP) is 2.20. The number of rotatable bonds is 4. The molecule has 1 saturated carbocycles. The van der Waals surface area contributed by atoms with Gasteiger partial charge in [-0.15, -0.1) is 0 Å². The van der Waals surface area contributed by atoms with Crippen LogP contribution in [0.15, 0.2) is 0 Å². The van der Waals surface area contributed by atoms with Crippen molar-refractivity contribution in [1.29, 1.82) is 0 Å². The molecule has 3 heteroatoms. The predicted molar refractivity (Wildman–Crippen MR) is 67.1 cm³/mol. The Morgan fingerprint density at radius 1 is 1.31 bits per heavy atom. The van der Waals surface area contributed by atoms with Crippen LogP contribution in [-0.4, -0.2) is 18.0 Å². The van der Waals surface area contributed by atoms with Crippen LogP contribution in [0.5, 0.6) is 0 Å². The highest BCUT2D eigenvalue weighted by Crippen LogP contribution is 2.17. The normalized spacial score (nSPS) is 22.2. The summed E-state index contributed by atoms with van der Waals surface area (Å²) in [6, 6.07) is 0.0263. The maximum atomic E-state index is 11.9. The van der Waals surface area contributed by atoms with E-state index in [1.54, 1.807) is 0 Å². The summed E-state index contributed by atoms with van der Waals surface area (Å²) < 4.78 is 0. The van der Waals surface area contributed by atoms with Crippen LogP contribution >= 0.6 is 0 Å². The van der Waals surface area contributed by atoms with Crippen LogP contribution < -0.4 is 11.1 Å². The van der Waals surface area contributed by atoms with Gasteiger partial charge in [0, 0.05) is 6.04 Å². The Balaban J connectivity index is 2.37. The van der Waals surface area contributed by atoms with Gasteiger partial charge in [-0.05, 0) is 18.8 Å². The molecule has 1 rings (SSSR count). The Morgan fingerprint density at radius 2 is 1.88 bits per heavy atom. The first-order chi connectivity index (χ1) is 7.65. The second-order valence-corrected chi connectivity index (χ2v) is 5.11. The molecule has 2 atom stereocenters. The maximum absolute atomic E-state index is 11.9. The standard InChI is InChI=1S/C13H26N2O/c1-3-10(2)12(14)13(16)15-11-8-6-4-5-7-9-11/h10-12H,3-9,14H2,1-2H3,(H,15,16)/t10?,12-/m0/s1. The lowest BCUT2D eigenvalue weighted by Crippen LogP contribution is -2.48. The maximum Gasteiger partial charge on any atom is 0.237 e. The molecule has 3 N–H and O–H groups in total. The zero-order valence-electron chi connectivity index (χ0n) is 10.7. The molecule has 1 fully saturated rings. The van der Waals surface area contributed by atoms with Crippen molar-refractivity contribution in [3.63, 3.8) is 0 Å². The van der Waals surface area contributed by atoms with E-state index in [2.05, 4.69) is 12.2 Å². The van der Waals surface area contributed by atoms with Gasteiger partial charge in [-0.1, -0.05) is 46.0 Å². The summed E-state index contributed by atoms with van der Waals surface area (Å²) in [5.41, 5.74) is 5.92. The van der Waals surface area contributed by atoms with Crippen molar-refractivity contribution in [2.75, 3.05) is 0 Å². The molecule has 94 valence electrons. The van der Waals surface area contributed by atoms with Crippen molar-refractivity contribution in [2.45, 2.75) is 70.9 Å². The summed E-state index contributed by atoms with van der Waals surface area (Å²) in [5.74, 6) is 0.312. The van der Waals surface area contributed by atoms with E-state index in [1.807, 2.05) is 6.92 Å². The van der Waals surface area contributed by atoms with E-state index in [-0.39, 0.29) is 17.9 Å². The van der Waals surface area contributed by atoms with Gasteiger partial charge in [0.15, 0.2) is 0 Å². The van der Waals surface area contributed by atoms with E-state index in [0.29, 0.717) is 6.04 Å². The van der Waals surface area contributed by atoms with Gasteiger partial charge in [-0.25, -0.2) is 0 Å². The highest BCUT2D eigenvalue weighted by molar-refractivity contribution is 5.82. The number of amides is 1. The second kappa shape index (κ2) is 6.89. The summed E-state index contributed by atoms with van der Waals surface area (Å²) >= 11 is 0. The SMILES string of the molecule is CCC(C)[C@H](N)C(=O)NC1CCCCCC1. The molecule has 0 heterocycles. The largest absolute Gasteiger partial charge is 0.352 e. The minimum absolute atomic E-state index is 0.0428. The molecule has 1 unspecified atom stereocenters. The van der Waals surface area contributed by atoms with Crippen LogP contribution in [0, 0.1) is 5.92 Å². The monoisotopic (exact) mass is 226 g/mol. The smallest absolute Gasteiger partial charge is 0.237 e. The Morgan fingerprint density at radius 3 is 2.38 bits per heavy atom. The fraction of sp³-hybridized carbons (Fsp3) is 0.923. The molecule has 1 aliphatic carbocycles. The van der Waals surface area contributed by atoms with Gasteiger partial charge in [0.1, 0.15) is 0 Å². The molecule has 0 aromatic rings. The molecule has 0 bridgehead atoms. The topological polar surface area (TPSA) is 55.1 Å². The van der Waals surface area contributed by atoms with E-state index in [4.69, 9.17) is 5.73 Å². The number of hydrogen-bond acceptors (Lipinski definition) is 2. The van der Waals surface area contributed by atoms with Crippen molar-refractivity contribution < 1.29 is 4.79 Å². The highest BCUT2D eigenvalue weighted by Gasteiger charge is 2.22. The first-order valence-electron chi connectivity index (χ1n) is 6.71. The molecule has 0 spiro atoms. The molecule has 3 nitrogen and oxygen atoms in total. The highest BCUT2D eigenvalue weighted by atomic mass is 16.2. The Kier molecular flexibility index (Phi) is 5.81. The first kappa shape index (κ1) is 13.5. The zero-order chi connectivity index (χ0) is 12.0. The van der Waals surface area contributed by atoms with Gasteiger partial charge < -0.3 is 11.1 Å². The lowest BCUT2D eigenvalue weighted by Gasteiger charge is -2.22. The van der Waals surface area contributed by atoms with Crippen LogP contribution in [0.1, 0.15) is 58.8 Å². The fourth-order valence-electron chi connectivity index (χ4n) is 2.23. The van der Waals surface area contributed by atoms with Gasteiger partial charge >= 0.3 is 0 Å². The summed E-state index contributed by atoms with van der Waals surface area (Å²) in [4.78, 5) is 11.9. The Bertz CT molecular complexity index is 210. The van der Waals surface area contributed by atoms with E-state index in [1.165, 1.54) is 25.7 Å². The molecule has 1 amide bonds. The third-order valence-corrected chi connectivity index (χ3v) is 3.76. The van der Waals surface area contributed by atoms with Crippen LogP contribution in [-0.2, 0) is 4.79 Å². The van der Waals surface area contributed by atoms with Gasteiger partial charge in [0.05, 0.1) is 6.04 Å². The molecule has 16 heavy (non-hydrogen) atoms. The summed E-state index contributed by atoms with van der Waals surface area (Å²) in [7, 11) is 0. The van der Waals surface area contributed by atoms with E-state index >= 15 is 0 Å². The third kappa shape index (κ3) is 4.12. The van der Waals surface area contributed by atoms with Crippen molar-refractivity contribution in [3.05, 3.63) is 0 Å². The van der Waals surface area contributed by atoms with E-state index in [9.17, 15) is 4.79 Å². The molecular formula is C13H26N2O. The van der Waals surface area contributed by atoms with Crippen molar-refractivity contribution in [3.8, 4) is 0 Å². The summed E-state index contributed by atoms with van der Waals surface area (Å²) in [6.45, 7) is 4.11. The number of carbonyl (C=O) groups excluding carboxylic acids is 1. The summed E-state index contributed by atoms with van der Waals surface area (Å²) in [5, 5.41) is 3.11. The van der Waals surface area contributed by atoms with E-state index in [0.717, 1.165) is 19.3 Å². The number of nitrogens with one attached hydrogen (secondary N) is 1. The van der Waals surface area contributed by atoms with Gasteiger partial charge in [0.25, 0.3) is 0 Å². The van der Waals surface area contributed by atoms with E-state index < -0.39 is 0 Å². The van der Waals surface area contributed by atoms with Gasteiger partial charge in [-0.2, -0.15) is 0 Å². The average Bonchev–Trinajstić information content (AvgIpc) is 2.55. The fourth-order valence-corrected chi connectivity index (χ4v) is 2.23. The van der Waals surface area contributed by atoms with Gasteiger partial charge in [-0.3, -0.25) is 4.79 Å². The lowest BCUT2D eigenvalue weighted by molar-refractivity contribution is -0.124. The van der Waals surface area contributed by atoms with Crippen LogP contribution in [0.3, 0.4) is 0 Å². The summed E-state index contributed by atoms with van der Waals surface area (Å²) in [6.07, 6.45) is 8.30. The number of carbonyl (C=O) groups is 1. The van der Waals surface area contributed by atoms with Crippen molar-refractivity contribution in [1.82, 2.24) is 5.32 Å². The molecule has 0 aliphatic heterocycles. The quantitative estimate of drug-likeness (QED) is 0.722. The zero-order valence-corrected chi connectivity index (χ0v) is 10.7. The third-order valence-electron chi connectivity index (χ3n) is 3.76. The minimum atomic E-state index is -0.340. The average molecular weight is 226 g/mol. The van der Waals surface area contributed by atoms with Crippen LogP contribution in [0.25, 0.3) is 0 Å². The van der Waals surface area contributed by atoms with Crippen molar-refractivity contribution >= 4 is 5.91 Å². The Labute approximate surface area is 99.2 Å². The van der Waals surface area contributed by atoms with Gasteiger partial charge in [0.2, 0.25) is 5.91 Å². The molecular weight excluding hydrogens is 200 g/mol. The Hall–Kier alpha value is -0.570. The second-order valence-electron chi connectivity index (χ2n) is 5.11. The molecule has 1 aliphatic rings. The number of nitrogens with two attached hydrogens (primary N) is 1. The number of hydrogen-bond donors (Lipinski definition) is 2. The first-order valence-corrected chi connectivity index (χ1v) is 6.71. The molecule has 0 aromatic carbocycles. The minimum Gasteiger partial charge on any atom is -0.352 e. The van der Waals surface area contributed by atoms with Crippen molar-refractivity contribution in [2.24, 2.45) is 11.7 Å². The van der Waals surface area contributed by atoms with Crippen LogP contribution in [0.4, 0.5) is 0 Å². The van der Waals surface area contributed by atoms with Crippen LogP contribution in [0.2, 0.25) is 0 Å². The molecule has 0 saturated heterocycles. The lowest BCUT2D eigenvalue weighted by atomic mass is 9.98. The molecule has 0 aromatic heterocycles.